The van der Waals surface area contributed by atoms with E-state index in [4.69, 9.17) is 4.74 Å². The number of nitrogens with zero attached hydrogens (tertiary/aromatic N) is 3. The number of rotatable bonds is 8. The molecule has 5 heteroatoms. The molecule has 1 saturated heterocycles. The van der Waals surface area contributed by atoms with Gasteiger partial charge in [-0.15, -0.1) is 0 Å². The number of para-hydroxylation sites is 1. The fourth-order valence-corrected chi connectivity index (χ4v) is 5.42. The number of hydrogen-bond donors (Lipinski definition) is 0. The van der Waals surface area contributed by atoms with Crippen LogP contribution >= 0.6 is 0 Å². The third-order valence-corrected chi connectivity index (χ3v) is 7.42. The van der Waals surface area contributed by atoms with Crippen molar-refractivity contribution < 1.29 is 9.13 Å². The monoisotopic (exact) mass is 473 g/mol. The first-order chi connectivity index (χ1) is 17.3. The van der Waals surface area contributed by atoms with E-state index in [0.29, 0.717) is 12.5 Å². The zero-order valence-electron chi connectivity index (χ0n) is 20.5. The second-order valence-electron chi connectivity index (χ2n) is 9.64. The molecule has 5 rings (SSSR count). The zero-order valence-corrected chi connectivity index (χ0v) is 20.5. The van der Waals surface area contributed by atoms with Crippen molar-refractivity contribution in [1.82, 2.24) is 9.80 Å². The molecular formula is C30H36FN3O. The highest BCUT2D eigenvalue weighted by Gasteiger charge is 2.24. The van der Waals surface area contributed by atoms with Crippen LogP contribution in [-0.4, -0.2) is 68.8 Å². The van der Waals surface area contributed by atoms with Crippen LogP contribution < -0.4 is 9.64 Å². The van der Waals surface area contributed by atoms with Gasteiger partial charge in [0.25, 0.3) is 0 Å². The summed E-state index contributed by atoms with van der Waals surface area (Å²) < 4.78 is 18.8. The standard InChI is InChI=1S/C30H36FN3O/c31-26-12-14-27(15-13-26)35-24-23-33-19-17-32(18-20-33)21-22-34-16-6-10-28(25-7-2-1-3-8-25)29-9-4-5-11-30(29)34/h1-5,7-9,11-15,28H,6,10,16-24H2. The molecule has 0 aliphatic carbocycles. The van der Waals surface area contributed by atoms with Gasteiger partial charge in [-0.05, 0) is 54.3 Å². The highest BCUT2D eigenvalue weighted by molar-refractivity contribution is 5.58. The smallest absolute Gasteiger partial charge is 0.123 e. The van der Waals surface area contributed by atoms with Crippen molar-refractivity contribution in [3.63, 3.8) is 0 Å². The Balaban J connectivity index is 1.11. The summed E-state index contributed by atoms with van der Waals surface area (Å²) >= 11 is 0. The van der Waals surface area contributed by atoms with Crippen LogP contribution in [0.4, 0.5) is 10.1 Å². The van der Waals surface area contributed by atoms with E-state index < -0.39 is 0 Å². The maximum absolute atomic E-state index is 13.0. The molecule has 3 aromatic rings. The SMILES string of the molecule is Fc1ccc(OCCN2CCN(CCN3CCCC(c4ccccc4)c4ccccc43)CC2)cc1. The fourth-order valence-electron chi connectivity index (χ4n) is 5.42. The molecule has 1 fully saturated rings. The Bertz CT molecular complexity index is 1050. The predicted molar refractivity (Wildman–Crippen MR) is 141 cm³/mol. The Hall–Kier alpha value is -2.89. The number of hydrogen-bond acceptors (Lipinski definition) is 4. The summed E-state index contributed by atoms with van der Waals surface area (Å²) in [6.07, 6.45) is 2.42. The van der Waals surface area contributed by atoms with Crippen LogP contribution in [0.15, 0.2) is 78.9 Å². The lowest BCUT2D eigenvalue weighted by Gasteiger charge is -2.36. The minimum absolute atomic E-state index is 0.229. The van der Waals surface area contributed by atoms with Gasteiger partial charge in [0, 0.05) is 64.0 Å². The lowest BCUT2D eigenvalue weighted by molar-refractivity contribution is 0.118. The minimum Gasteiger partial charge on any atom is -0.492 e. The van der Waals surface area contributed by atoms with Gasteiger partial charge in [-0.3, -0.25) is 9.80 Å². The van der Waals surface area contributed by atoms with E-state index in [-0.39, 0.29) is 5.82 Å². The van der Waals surface area contributed by atoms with Crippen LogP contribution in [0.3, 0.4) is 0 Å². The first-order valence-corrected chi connectivity index (χ1v) is 13.0. The Morgan fingerprint density at radius 2 is 1.40 bits per heavy atom. The number of halogens is 1. The topological polar surface area (TPSA) is 19.0 Å². The summed E-state index contributed by atoms with van der Waals surface area (Å²) in [6.45, 7) is 9.18. The number of piperazine rings is 1. The average Bonchev–Trinajstić information content (AvgIpc) is 3.09. The first-order valence-electron chi connectivity index (χ1n) is 13.0. The molecule has 3 aromatic carbocycles. The van der Waals surface area contributed by atoms with Crippen molar-refractivity contribution in [3.05, 3.63) is 95.8 Å². The van der Waals surface area contributed by atoms with E-state index >= 15 is 0 Å². The molecule has 0 radical (unpaired) electrons. The van der Waals surface area contributed by atoms with Crippen molar-refractivity contribution in [2.75, 3.05) is 63.9 Å². The van der Waals surface area contributed by atoms with Crippen LogP contribution in [0, 0.1) is 5.82 Å². The van der Waals surface area contributed by atoms with Crippen LogP contribution in [0.5, 0.6) is 5.75 Å². The fraction of sp³-hybridized carbons (Fsp3) is 0.400. The van der Waals surface area contributed by atoms with Gasteiger partial charge in [0.15, 0.2) is 0 Å². The van der Waals surface area contributed by atoms with E-state index in [9.17, 15) is 4.39 Å². The molecule has 1 unspecified atom stereocenters. The predicted octanol–water partition coefficient (Wildman–Crippen LogP) is 5.25. The van der Waals surface area contributed by atoms with Gasteiger partial charge in [-0.25, -0.2) is 4.39 Å². The van der Waals surface area contributed by atoms with Gasteiger partial charge in [-0.2, -0.15) is 0 Å². The second-order valence-corrected chi connectivity index (χ2v) is 9.64. The molecule has 184 valence electrons. The molecule has 0 spiro atoms. The van der Waals surface area contributed by atoms with Crippen molar-refractivity contribution in [2.45, 2.75) is 18.8 Å². The molecule has 0 amide bonds. The summed E-state index contributed by atoms with van der Waals surface area (Å²) in [5.74, 6) is 0.989. The maximum Gasteiger partial charge on any atom is 0.123 e. The number of ether oxygens (including phenoxy) is 1. The van der Waals surface area contributed by atoms with Crippen molar-refractivity contribution in [1.29, 1.82) is 0 Å². The Morgan fingerprint density at radius 1 is 0.714 bits per heavy atom. The Labute approximate surface area is 208 Å². The van der Waals surface area contributed by atoms with Crippen molar-refractivity contribution >= 4 is 5.69 Å². The molecule has 2 aliphatic heterocycles. The number of benzene rings is 3. The molecule has 35 heavy (non-hydrogen) atoms. The van der Waals surface area contributed by atoms with E-state index in [1.54, 1.807) is 12.1 Å². The largest absolute Gasteiger partial charge is 0.492 e. The van der Waals surface area contributed by atoms with E-state index in [1.165, 1.54) is 41.8 Å². The molecule has 2 aliphatic rings. The van der Waals surface area contributed by atoms with Gasteiger partial charge < -0.3 is 9.64 Å². The third-order valence-electron chi connectivity index (χ3n) is 7.42. The van der Waals surface area contributed by atoms with Crippen LogP contribution in [-0.2, 0) is 0 Å². The first kappa shape index (κ1) is 23.8. The molecule has 1 atom stereocenters. The minimum atomic E-state index is -0.229. The molecule has 0 N–H and O–H groups in total. The van der Waals surface area contributed by atoms with Crippen molar-refractivity contribution in [2.24, 2.45) is 0 Å². The lowest BCUT2D eigenvalue weighted by atomic mass is 9.87. The van der Waals surface area contributed by atoms with Crippen LogP contribution in [0.2, 0.25) is 0 Å². The Kier molecular flexibility index (Phi) is 7.96. The van der Waals surface area contributed by atoms with E-state index in [2.05, 4.69) is 69.3 Å². The van der Waals surface area contributed by atoms with Crippen LogP contribution in [0.25, 0.3) is 0 Å². The van der Waals surface area contributed by atoms with Gasteiger partial charge in [0.1, 0.15) is 18.2 Å². The van der Waals surface area contributed by atoms with E-state index in [1.807, 2.05) is 0 Å². The molecule has 0 saturated carbocycles. The summed E-state index contributed by atoms with van der Waals surface area (Å²) in [6, 6.07) is 26.3. The lowest BCUT2D eigenvalue weighted by Crippen LogP contribution is -2.49. The molecular weight excluding hydrogens is 437 g/mol. The van der Waals surface area contributed by atoms with E-state index in [0.717, 1.165) is 58.1 Å². The summed E-state index contributed by atoms with van der Waals surface area (Å²) in [7, 11) is 0. The molecule has 4 nitrogen and oxygen atoms in total. The zero-order chi connectivity index (χ0) is 23.9. The van der Waals surface area contributed by atoms with Gasteiger partial charge in [0.05, 0.1) is 0 Å². The van der Waals surface area contributed by atoms with Gasteiger partial charge in [-0.1, -0.05) is 48.5 Å². The van der Waals surface area contributed by atoms with Crippen molar-refractivity contribution in [3.8, 4) is 5.75 Å². The average molecular weight is 474 g/mol. The third kappa shape index (κ3) is 6.22. The number of anilines is 1. The quantitative estimate of drug-likeness (QED) is 0.445. The highest BCUT2D eigenvalue weighted by Crippen LogP contribution is 2.38. The maximum atomic E-state index is 13.0. The highest BCUT2D eigenvalue weighted by atomic mass is 19.1. The summed E-state index contributed by atoms with van der Waals surface area (Å²) in [4.78, 5) is 7.67. The molecule has 0 bridgehead atoms. The second kappa shape index (κ2) is 11.7. The van der Waals surface area contributed by atoms with Gasteiger partial charge in [0.2, 0.25) is 0 Å². The summed E-state index contributed by atoms with van der Waals surface area (Å²) in [5.41, 5.74) is 4.32. The number of fused-ring (bicyclic) bond motifs is 1. The normalized spacial score (nSPS) is 19.2. The molecule has 2 heterocycles. The Morgan fingerprint density at radius 3 is 2.17 bits per heavy atom. The molecule has 0 aromatic heterocycles. The van der Waals surface area contributed by atoms with Gasteiger partial charge >= 0.3 is 0 Å². The van der Waals surface area contributed by atoms with Crippen LogP contribution in [0.1, 0.15) is 29.9 Å². The summed E-state index contributed by atoms with van der Waals surface area (Å²) in [5, 5.41) is 0.